The van der Waals surface area contributed by atoms with E-state index in [4.69, 9.17) is 5.26 Å². The van der Waals surface area contributed by atoms with Crippen LogP contribution < -0.4 is 0 Å². The molecule has 0 aliphatic heterocycles. The van der Waals surface area contributed by atoms with E-state index in [0.717, 1.165) is 0 Å². The van der Waals surface area contributed by atoms with Gasteiger partial charge < -0.3 is 0 Å². The Morgan fingerprint density at radius 1 is 1.33 bits per heavy atom. The zero-order valence-corrected chi connectivity index (χ0v) is 7.10. The van der Waals surface area contributed by atoms with Crippen molar-refractivity contribution in [3.05, 3.63) is 17.5 Å². The van der Waals surface area contributed by atoms with Crippen LogP contribution in [0.5, 0.6) is 0 Å². The third-order valence-electron chi connectivity index (χ3n) is 0.664. The van der Waals surface area contributed by atoms with Gasteiger partial charge in [-0.2, -0.15) is 5.26 Å². The van der Waals surface area contributed by atoms with Crippen LogP contribution in [0.4, 0.5) is 0 Å². The smallest absolute Gasteiger partial charge is 0.0996 e. The minimum atomic E-state index is -1.11. The van der Waals surface area contributed by atoms with Crippen LogP contribution in [0, 0.1) is 11.3 Å². The average molecular weight is 137 g/mol. The Bertz CT molecular complexity index is 174. The fourth-order valence-corrected chi connectivity index (χ4v) is 0.912. The van der Waals surface area contributed by atoms with Gasteiger partial charge in [-0.3, -0.25) is 0 Å². The first kappa shape index (κ1) is 8.23. The monoisotopic (exact) mass is 137 g/mol. The minimum Gasteiger partial charge on any atom is -0.192 e. The van der Waals surface area contributed by atoms with Crippen molar-refractivity contribution in [3.63, 3.8) is 0 Å². The SMILES string of the molecule is C[Si](C)(C)C=C=CC#N. The molecule has 0 aliphatic carbocycles. The third kappa shape index (κ3) is 7.23. The van der Waals surface area contributed by atoms with Crippen LogP contribution in [-0.4, -0.2) is 8.07 Å². The van der Waals surface area contributed by atoms with Crippen molar-refractivity contribution in [1.82, 2.24) is 0 Å². The van der Waals surface area contributed by atoms with Gasteiger partial charge in [0.2, 0.25) is 0 Å². The lowest BCUT2D eigenvalue weighted by Gasteiger charge is -2.04. The Balaban J connectivity index is 4.04. The molecule has 48 valence electrons. The molecule has 0 heterocycles. The fourth-order valence-electron chi connectivity index (χ4n) is 0.329. The summed E-state index contributed by atoms with van der Waals surface area (Å²) in [6.07, 6.45) is 1.39. The van der Waals surface area contributed by atoms with E-state index in [1.54, 1.807) is 0 Å². The van der Waals surface area contributed by atoms with E-state index < -0.39 is 8.07 Å². The maximum absolute atomic E-state index is 8.09. The average Bonchev–Trinajstić information content (AvgIpc) is 1.63. The molecule has 0 unspecified atom stereocenters. The summed E-state index contributed by atoms with van der Waals surface area (Å²) in [7, 11) is -1.11. The van der Waals surface area contributed by atoms with Gasteiger partial charge in [-0.15, -0.1) is 5.73 Å². The molecular formula is C7H11NSi. The molecule has 0 spiro atoms. The molecular weight excluding hydrogens is 126 g/mol. The molecule has 1 nitrogen and oxygen atoms in total. The molecule has 0 aromatic heterocycles. The summed E-state index contributed by atoms with van der Waals surface area (Å²) < 4.78 is 0. The first-order chi connectivity index (χ1) is 4.06. The Labute approximate surface area is 57.3 Å². The van der Waals surface area contributed by atoms with Crippen LogP contribution in [-0.2, 0) is 0 Å². The predicted octanol–water partition coefficient (Wildman–Crippen LogP) is 2.10. The van der Waals surface area contributed by atoms with Crippen molar-refractivity contribution in [2.45, 2.75) is 19.6 Å². The summed E-state index contributed by atoms with van der Waals surface area (Å²) in [6, 6.07) is 1.90. The molecule has 0 aliphatic rings. The fraction of sp³-hybridized carbons (Fsp3) is 0.429. The maximum atomic E-state index is 8.09. The molecule has 0 amide bonds. The van der Waals surface area contributed by atoms with Crippen LogP contribution >= 0.6 is 0 Å². The lowest BCUT2D eigenvalue weighted by molar-refractivity contribution is 1.54. The molecule has 0 rings (SSSR count). The second-order valence-electron chi connectivity index (χ2n) is 2.95. The van der Waals surface area contributed by atoms with Gasteiger partial charge in [0.15, 0.2) is 0 Å². The summed E-state index contributed by atoms with van der Waals surface area (Å²) in [5.41, 5.74) is 4.84. The Morgan fingerprint density at radius 2 is 1.89 bits per heavy atom. The summed E-state index contributed by atoms with van der Waals surface area (Å²) >= 11 is 0. The van der Waals surface area contributed by atoms with Gasteiger partial charge in [0.1, 0.15) is 0 Å². The van der Waals surface area contributed by atoms with Gasteiger partial charge in [0, 0.05) is 0 Å². The Hall–Kier alpha value is -0.773. The Morgan fingerprint density at radius 3 is 2.22 bits per heavy atom. The number of nitrogens with zero attached hydrogens (tertiary/aromatic N) is 1. The van der Waals surface area contributed by atoms with Crippen LogP contribution in [0.1, 0.15) is 0 Å². The third-order valence-corrected chi connectivity index (χ3v) is 1.70. The van der Waals surface area contributed by atoms with Gasteiger partial charge in [0.25, 0.3) is 0 Å². The van der Waals surface area contributed by atoms with Gasteiger partial charge in [0.05, 0.1) is 20.2 Å². The van der Waals surface area contributed by atoms with Crippen molar-refractivity contribution in [2.24, 2.45) is 0 Å². The topological polar surface area (TPSA) is 23.8 Å². The van der Waals surface area contributed by atoms with Gasteiger partial charge in [-0.25, -0.2) is 0 Å². The second-order valence-corrected chi connectivity index (χ2v) is 7.97. The van der Waals surface area contributed by atoms with E-state index in [1.165, 1.54) is 6.08 Å². The number of hydrogen-bond acceptors (Lipinski definition) is 1. The zero-order valence-electron chi connectivity index (χ0n) is 6.10. The number of nitriles is 1. The standard InChI is InChI=1S/C7H11NSi/c1-9(2,3)7-5-4-6-8/h4,7H,1-3H3. The van der Waals surface area contributed by atoms with Gasteiger partial charge in [-0.1, -0.05) is 25.3 Å². The highest BCUT2D eigenvalue weighted by molar-refractivity contribution is 6.80. The number of allylic oxidation sites excluding steroid dienone is 1. The number of hydrogen-bond donors (Lipinski definition) is 0. The molecule has 0 N–H and O–H groups in total. The summed E-state index contributed by atoms with van der Waals surface area (Å²) in [5.74, 6) is 0. The Kier molecular flexibility index (Phi) is 3.01. The molecule has 0 aromatic carbocycles. The lowest BCUT2D eigenvalue weighted by Crippen LogP contribution is -2.14. The second kappa shape index (κ2) is 3.29. The highest BCUT2D eigenvalue weighted by Gasteiger charge is 2.05. The zero-order chi connectivity index (χ0) is 7.33. The molecule has 0 atom stereocenters. The summed E-state index contributed by atoms with van der Waals surface area (Å²) in [5, 5.41) is 8.09. The molecule has 2 heteroatoms. The van der Waals surface area contributed by atoms with Crippen molar-refractivity contribution < 1.29 is 0 Å². The van der Waals surface area contributed by atoms with Gasteiger partial charge in [-0.05, 0) is 0 Å². The van der Waals surface area contributed by atoms with Crippen molar-refractivity contribution in [2.75, 3.05) is 0 Å². The first-order valence-corrected chi connectivity index (χ1v) is 6.46. The maximum Gasteiger partial charge on any atom is 0.0996 e. The van der Waals surface area contributed by atoms with Gasteiger partial charge >= 0.3 is 0 Å². The largest absolute Gasteiger partial charge is 0.192 e. The molecule has 0 saturated carbocycles. The summed E-state index contributed by atoms with van der Waals surface area (Å²) in [6.45, 7) is 6.60. The highest BCUT2D eigenvalue weighted by atomic mass is 28.3. The lowest BCUT2D eigenvalue weighted by atomic mass is 10.7. The molecule has 0 aromatic rings. The highest BCUT2D eigenvalue weighted by Crippen LogP contribution is 1.99. The van der Waals surface area contributed by atoms with Crippen molar-refractivity contribution in [3.8, 4) is 6.07 Å². The van der Waals surface area contributed by atoms with E-state index >= 15 is 0 Å². The molecule has 0 fully saturated rings. The van der Waals surface area contributed by atoms with Crippen molar-refractivity contribution in [1.29, 1.82) is 5.26 Å². The molecule has 0 saturated heterocycles. The van der Waals surface area contributed by atoms with E-state index in [2.05, 4.69) is 25.4 Å². The first-order valence-electron chi connectivity index (χ1n) is 2.88. The normalized spacial score (nSPS) is 9.11. The predicted molar refractivity (Wildman–Crippen MR) is 41.6 cm³/mol. The van der Waals surface area contributed by atoms with Crippen LogP contribution in [0.2, 0.25) is 19.6 Å². The van der Waals surface area contributed by atoms with Crippen LogP contribution in [0.15, 0.2) is 17.5 Å². The van der Waals surface area contributed by atoms with E-state index in [0.29, 0.717) is 0 Å². The van der Waals surface area contributed by atoms with E-state index in [1.807, 2.05) is 11.8 Å². The van der Waals surface area contributed by atoms with Crippen LogP contribution in [0.25, 0.3) is 0 Å². The quantitative estimate of drug-likeness (QED) is 0.308. The molecule has 9 heavy (non-hydrogen) atoms. The van der Waals surface area contributed by atoms with Crippen molar-refractivity contribution >= 4 is 8.07 Å². The van der Waals surface area contributed by atoms with E-state index in [9.17, 15) is 0 Å². The number of rotatable bonds is 1. The minimum absolute atomic E-state index is 1.11. The molecule has 0 bridgehead atoms. The van der Waals surface area contributed by atoms with Crippen LogP contribution in [0.3, 0.4) is 0 Å². The summed E-state index contributed by atoms with van der Waals surface area (Å²) in [4.78, 5) is 0. The van der Waals surface area contributed by atoms with E-state index in [-0.39, 0.29) is 0 Å². The molecule has 0 radical (unpaired) electrons.